The van der Waals surface area contributed by atoms with E-state index in [4.69, 9.17) is 4.74 Å². The number of phenolic OH excluding ortho intramolecular Hbond substituents is 1. The van der Waals surface area contributed by atoms with E-state index >= 15 is 0 Å². The zero-order valence-corrected chi connectivity index (χ0v) is 15.8. The molecule has 140 valence electrons. The number of fused-ring (bicyclic) bond motifs is 3. The predicted molar refractivity (Wildman–Crippen MR) is 102 cm³/mol. The molecule has 2 N–H and O–H groups in total. The first-order valence-corrected chi connectivity index (χ1v) is 9.98. The molecule has 3 aromatic rings. The van der Waals surface area contributed by atoms with Crippen LogP contribution in [0.25, 0.3) is 16.3 Å². The Morgan fingerprint density at radius 3 is 3.00 bits per heavy atom. The molecule has 8 heteroatoms. The van der Waals surface area contributed by atoms with Crippen LogP contribution in [-0.2, 0) is 0 Å². The van der Waals surface area contributed by atoms with Gasteiger partial charge in [-0.15, -0.1) is 5.10 Å². The molecule has 1 aliphatic carbocycles. The third kappa shape index (κ3) is 3.08. The lowest BCUT2D eigenvalue weighted by molar-refractivity contribution is 0.00361. The molecule has 1 saturated carbocycles. The van der Waals surface area contributed by atoms with E-state index in [0.29, 0.717) is 21.7 Å². The van der Waals surface area contributed by atoms with Crippen molar-refractivity contribution in [3.05, 3.63) is 36.9 Å². The Bertz CT molecular complexity index is 947. The number of nitrogens with zero attached hydrogens (tertiary/aromatic N) is 4. The highest BCUT2D eigenvalue weighted by molar-refractivity contribution is 7.16. The number of aromatic nitrogens is 4. The van der Waals surface area contributed by atoms with Gasteiger partial charge in [-0.05, 0) is 31.9 Å². The number of benzene rings is 1. The summed E-state index contributed by atoms with van der Waals surface area (Å²) in [7, 11) is 0. The molecule has 7 nitrogen and oxygen atoms in total. The molecular formula is C19H21N5O2S. The van der Waals surface area contributed by atoms with Crippen LogP contribution in [0.15, 0.2) is 36.9 Å². The van der Waals surface area contributed by atoms with Crippen molar-refractivity contribution in [2.75, 3.05) is 6.54 Å². The van der Waals surface area contributed by atoms with E-state index in [1.165, 1.54) is 24.2 Å². The second-order valence-electron chi connectivity index (χ2n) is 7.65. The Balaban J connectivity index is 1.35. The Labute approximate surface area is 161 Å². The second kappa shape index (κ2) is 6.31. The number of hydrogen-bond acceptors (Lipinski definition) is 7. The zero-order chi connectivity index (χ0) is 18.4. The van der Waals surface area contributed by atoms with Crippen LogP contribution in [0, 0.1) is 5.92 Å². The molecule has 3 fully saturated rings. The molecule has 2 saturated heterocycles. The van der Waals surface area contributed by atoms with Gasteiger partial charge in [0.25, 0.3) is 5.19 Å². The van der Waals surface area contributed by atoms with Crippen molar-refractivity contribution >= 4 is 11.3 Å². The van der Waals surface area contributed by atoms with Crippen molar-refractivity contribution < 1.29 is 9.84 Å². The van der Waals surface area contributed by atoms with E-state index in [1.807, 2.05) is 22.9 Å². The lowest BCUT2D eigenvalue weighted by atomic mass is 9.71. The van der Waals surface area contributed by atoms with Crippen LogP contribution < -0.4 is 10.1 Å². The number of nitrogens with one attached hydrogen (secondary N) is 1. The first-order chi connectivity index (χ1) is 13.1. The van der Waals surface area contributed by atoms with Gasteiger partial charge in [0.2, 0.25) is 0 Å². The quantitative estimate of drug-likeness (QED) is 0.720. The summed E-state index contributed by atoms with van der Waals surface area (Å²) in [6, 6.07) is 5.47. The topological polar surface area (TPSA) is 85.1 Å². The van der Waals surface area contributed by atoms with Crippen LogP contribution in [0.5, 0.6) is 10.9 Å². The molecule has 2 aliphatic heterocycles. The molecule has 1 unspecified atom stereocenters. The summed E-state index contributed by atoms with van der Waals surface area (Å²) in [4.78, 5) is 4.03. The lowest BCUT2D eigenvalue weighted by Crippen LogP contribution is -2.60. The van der Waals surface area contributed by atoms with Crippen LogP contribution in [-0.4, -0.2) is 43.0 Å². The third-order valence-electron chi connectivity index (χ3n) is 5.71. The summed E-state index contributed by atoms with van der Waals surface area (Å²) in [5.41, 5.74) is 1.67. The Morgan fingerprint density at radius 2 is 2.30 bits per heavy atom. The Hall–Kier alpha value is -2.45. The van der Waals surface area contributed by atoms with Crippen molar-refractivity contribution in [1.82, 2.24) is 25.1 Å². The number of rotatable bonds is 4. The number of hydrogen-bond donors (Lipinski definition) is 2. The molecular weight excluding hydrogens is 362 g/mol. The maximum Gasteiger partial charge on any atom is 0.294 e. The zero-order valence-electron chi connectivity index (χ0n) is 15.0. The average molecular weight is 383 g/mol. The van der Waals surface area contributed by atoms with Gasteiger partial charge < -0.3 is 19.7 Å². The molecule has 0 radical (unpaired) electrons. The molecule has 1 aromatic carbocycles. The normalized spacial score (nSPS) is 27.0. The van der Waals surface area contributed by atoms with Crippen molar-refractivity contribution in [2.45, 2.75) is 37.8 Å². The summed E-state index contributed by atoms with van der Waals surface area (Å²) in [5.74, 6) is 0.694. The van der Waals surface area contributed by atoms with Crippen LogP contribution in [0.1, 0.15) is 26.2 Å². The maximum atomic E-state index is 10.5. The van der Waals surface area contributed by atoms with E-state index < -0.39 is 0 Å². The monoisotopic (exact) mass is 383 g/mol. The summed E-state index contributed by atoms with van der Waals surface area (Å²) in [5, 5.41) is 23.7. The molecule has 0 amide bonds. The maximum absolute atomic E-state index is 10.5. The first kappa shape index (κ1) is 16.7. The van der Waals surface area contributed by atoms with Gasteiger partial charge in [-0.2, -0.15) is 0 Å². The van der Waals surface area contributed by atoms with Crippen molar-refractivity contribution in [3.8, 4) is 27.2 Å². The highest BCUT2D eigenvalue weighted by Gasteiger charge is 2.44. The molecule has 4 heterocycles. The van der Waals surface area contributed by atoms with E-state index in [0.717, 1.165) is 18.7 Å². The van der Waals surface area contributed by atoms with Crippen LogP contribution in [0.3, 0.4) is 0 Å². The minimum Gasteiger partial charge on any atom is -0.507 e. The van der Waals surface area contributed by atoms with Crippen molar-refractivity contribution in [1.29, 1.82) is 0 Å². The van der Waals surface area contributed by atoms with E-state index in [-0.39, 0.29) is 17.4 Å². The van der Waals surface area contributed by atoms with Crippen LogP contribution >= 0.6 is 11.3 Å². The van der Waals surface area contributed by atoms with Gasteiger partial charge in [0, 0.05) is 42.9 Å². The molecule has 2 aromatic heterocycles. The summed E-state index contributed by atoms with van der Waals surface area (Å²) < 4.78 is 8.03. The average Bonchev–Trinajstić information content (AvgIpc) is 3.34. The molecule has 2 bridgehead atoms. The molecule has 27 heavy (non-hydrogen) atoms. The molecule has 6 rings (SSSR count). The van der Waals surface area contributed by atoms with Crippen LogP contribution in [0.4, 0.5) is 0 Å². The van der Waals surface area contributed by atoms with Gasteiger partial charge in [0.15, 0.2) is 5.01 Å². The highest BCUT2D eigenvalue weighted by Crippen LogP contribution is 2.40. The number of aromatic hydroxyl groups is 1. The van der Waals surface area contributed by atoms with E-state index in [9.17, 15) is 5.11 Å². The Morgan fingerprint density at radius 1 is 1.37 bits per heavy atom. The van der Waals surface area contributed by atoms with Gasteiger partial charge in [-0.25, -0.2) is 4.98 Å². The van der Waals surface area contributed by atoms with Gasteiger partial charge in [0.05, 0.1) is 17.6 Å². The number of phenols is 1. The largest absolute Gasteiger partial charge is 0.507 e. The number of imidazole rings is 1. The van der Waals surface area contributed by atoms with Gasteiger partial charge in [-0.1, -0.05) is 16.4 Å². The molecule has 3 aliphatic rings. The fourth-order valence-electron chi connectivity index (χ4n) is 4.08. The third-order valence-corrected chi connectivity index (χ3v) is 6.56. The molecule has 3 atom stereocenters. The number of ether oxygens (including phenoxy) is 1. The first-order valence-electron chi connectivity index (χ1n) is 9.17. The smallest absolute Gasteiger partial charge is 0.294 e. The fraction of sp³-hybridized carbons (Fsp3) is 0.421. The summed E-state index contributed by atoms with van der Waals surface area (Å²) in [6.45, 7) is 3.27. The minimum atomic E-state index is 0.164. The Kier molecular flexibility index (Phi) is 3.91. The second-order valence-corrected chi connectivity index (χ2v) is 8.59. The van der Waals surface area contributed by atoms with E-state index in [2.05, 4.69) is 27.4 Å². The lowest BCUT2D eigenvalue weighted by Gasteiger charge is -2.49. The van der Waals surface area contributed by atoms with Crippen molar-refractivity contribution in [2.24, 2.45) is 5.92 Å². The molecule has 0 spiro atoms. The fourth-order valence-corrected chi connectivity index (χ4v) is 4.86. The van der Waals surface area contributed by atoms with Gasteiger partial charge in [0.1, 0.15) is 11.9 Å². The van der Waals surface area contributed by atoms with Gasteiger partial charge in [-0.3, -0.25) is 0 Å². The van der Waals surface area contributed by atoms with Gasteiger partial charge >= 0.3 is 0 Å². The number of piperidine rings is 2. The van der Waals surface area contributed by atoms with Crippen LogP contribution in [0.2, 0.25) is 0 Å². The SMILES string of the molecule is C[C@]12CCC(CN1)[C@@H](Oc1nnc(-c3ccc(-n4ccnc4)cc3O)s1)C2. The standard InChI is InChI=1S/C19H21N5O2S/c1-19-5-4-12(10-21-19)16(9-19)26-18-23-22-17(27-18)14-3-2-13(8-15(14)25)24-7-6-20-11-24/h2-3,6-8,11-12,16,21,25H,4-5,9-10H2,1H3/t12?,16-,19+/m0/s1. The minimum absolute atomic E-state index is 0.164. The summed E-state index contributed by atoms with van der Waals surface area (Å²) >= 11 is 1.38. The van der Waals surface area contributed by atoms with Crippen molar-refractivity contribution in [3.63, 3.8) is 0 Å². The summed E-state index contributed by atoms with van der Waals surface area (Å²) in [6.07, 6.45) is 8.80. The van der Waals surface area contributed by atoms with E-state index in [1.54, 1.807) is 18.6 Å². The highest BCUT2D eigenvalue weighted by atomic mass is 32.1. The predicted octanol–water partition coefficient (Wildman–Crippen LogP) is 3.01.